The first-order chi connectivity index (χ1) is 10.1. The molecule has 2 N–H and O–H groups in total. The zero-order valence-electron chi connectivity index (χ0n) is 12.0. The summed E-state index contributed by atoms with van der Waals surface area (Å²) in [5.74, 6) is -0.639. The molecule has 2 amide bonds. The molecule has 21 heavy (non-hydrogen) atoms. The Kier molecular flexibility index (Phi) is 4.66. The van der Waals surface area contributed by atoms with Crippen LogP contribution in [0.3, 0.4) is 0 Å². The summed E-state index contributed by atoms with van der Waals surface area (Å²) in [7, 11) is 0. The van der Waals surface area contributed by atoms with Gasteiger partial charge in [0.25, 0.3) is 5.91 Å². The van der Waals surface area contributed by atoms with Gasteiger partial charge in [0.05, 0.1) is 6.54 Å². The van der Waals surface area contributed by atoms with Crippen LogP contribution in [0.2, 0.25) is 0 Å². The van der Waals surface area contributed by atoms with E-state index in [2.05, 4.69) is 15.6 Å². The topological polar surface area (TPSA) is 71.1 Å². The number of anilines is 1. The quantitative estimate of drug-likeness (QED) is 0.902. The van der Waals surface area contributed by atoms with E-state index in [1.165, 1.54) is 6.20 Å². The molecule has 0 unspecified atom stereocenters. The number of pyridine rings is 1. The summed E-state index contributed by atoms with van der Waals surface area (Å²) in [6.45, 7) is 3.83. The van der Waals surface area contributed by atoms with Crippen molar-refractivity contribution in [3.05, 3.63) is 59.4 Å². The molecule has 0 saturated carbocycles. The molecule has 0 bridgehead atoms. The predicted molar refractivity (Wildman–Crippen MR) is 81.1 cm³/mol. The number of benzene rings is 1. The zero-order valence-corrected chi connectivity index (χ0v) is 12.0. The minimum atomic E-state index is -0.369. The fraction of sp³-hybridized carbons (Fsp3) is 0.188. The summed E-state index contributed by atoms with van der Waals surface area (Å²) < 4.78 is 0. The van der Waals surface area contributed by atoms with Gasteiger partial charge < -0.3 is 10.6 Å². The molecule has 0 saturated heterocycles. The van der Waals surface area contributed by atoms with Crippen molar-refractivity contribution in [3.8, 4) is 0 Å². The van der Waals surface area contributed by atoms with E-state index in [0.717, 1.165) is 16.8 Å². The van der Waals surface area contributed by atoms with Crippen LogP contribution in [0.4, 0.5) is 5.69 Å². The van der Waals surface area contributed by atoms with E-state index in [4.69, 9.17) is 0 Å². The third-order valence-electron chi connectivity index (χ3n) is 3.19. The fourth-order valence-electron chi connectivity index (χ4n) is 1.83. The number of rotatable bonds is 4. The number of nitrogens with one attached hydrogen (secondary N) is 2. The summed E-state index contributed by atoms with van der Waals surface area (Å²) in [5, 5.41) is 5.32. The maximum Gasteiger partial charge on any atom is 0.270 e. The third kappa shape index (κ3) is 3.89. The molecular weight excluding hydrogens is 266 g/mol. The van der Waals surface area contributed by atoms with Crippen molar-refractivity contribution in [1.82, 2.24) is 10.3 Å². The van der Waals surface area contributed by atoms with Crippen molar-refractivity contribution in [2.24, 2.45) is 0 Å². The Labute approximate surface area is 123 Å². The first kappa shape index (κ1) is 14.7. The second-order valence-corrected chi connectivity index (χ2v) is 4.69. The minimum Gasteiger partial charge on any atom is -0.342 e. The summed E-state index contributed by atoms with van der Waals surface area (Å²) in [5.41, 5.74) is 3.16. The van der Waals surface area contributed by atoms with E-state index < -0.39 is 0 Å². The second kappa shape index (κ2) is 6.65. The van der Waals surface area contributed by atoms with Crippen LogP contribution >= 0.6 is 0 Å². The molecule has 0 spiro atoms. The van der Waals surface area contributed by atoms with E-state index in [-0.39, 0.29) is 24.1 Å². The second-order valence-electron chi connectivity index (χ2n) is 4.69. The highest BCUT2D eigenvalue weighted by Crippen LogP contribution is 2.17. The lowest BCUT2D eigenvalue weighted by Gasteiger charge is -2.10. The highest BCUT2D eigenvalue weighted by atomic mass is 16.2. The van der Waals surface area contributed by atoms with Crippen molar-refractivity contribution in [2.45, 2.75) is 13.8 Å². The number of hydrogen-bond acceptors (Lipinski definition) is 3. The molecular formula is C16H17N3O2. The van der Waals surface area contributed by atoms with Gasteiger partial charge in [-0.1, -0.05) is 18.2 Å². The van der Waals surface area contributed by atoms with Crippen molar-refractivity contribution in [1.29, 1.82) is 0 Å². The van der Waals surface area contributed by atoms with Gasteiger partial charge in [0.1, 0.15) is 5.69 Å². The van der Waals surface area contributed by atoms with Gasteiger partial charge in [0.15, 0.2) is 0 Å². The molecule has 0 atom stereocenters. The van der Waals surface area contributed by atoms with E-state index in [0.29, 0.717) is 0 Å². The van der Waals surface area contributed by atoms with Crippen LogP contribution in [0.5, 0.6) is 0 Å². The first-order valence-corrected chi connectivity index (χ1v) is 6.63. The minimum absolute atomic E-state index is 0.0945. The van der Waals surface area contributed by atoms with Crippen LogP contribution in [0, 0.1) is 13.8 Å². The standard InChI is InChI=1S/C16H17N3O2/c1-11-6-5-8-13(12(11)2)19-15(20)10-18-16(21)14-7-3-4-9-17-14/h3-9H,10H2,1-2H3,(H,18,21)(H,19,20). The zero-order chi connectivity index (χ0) is 15.2. The van der Waals surface area contributed by atoms with Gasteiger partial charge in [-0.25, -0.2) is 0 Å². The molecule has 0 radical (unpaired) electrons. The van der Waals surface area contributed by atoms with Gasteiger partial charge in [-0.15, -0.1) is 0 Å². The van der Waals surface area contributed by atoms with Crippen LogP contribution in [0.25, 0.3) is 0 Å². The Morgan fingerprint density at radius 3 is 2.62 bits per heavy atom. The summed E-state index contributed by atoms with van der Waals surface area (Å²) in [6.07, 6.45) is 1.53. The van der Waals surface area contributed by atoms with Gasteiger partial charge in [0.2, 0.25) is 5.91 Å². The molecule has 1 aromatic carbocycles. The molecule has 5 nitrogen and oxygen atoms in total. The molecule has 2 aromatic rings. The summed E-state index contributed by atoms with van der Waals surface area (Å²) in [6, 6.07) is 10.7. The number of amides is 2. The maximum atomic E-state index is 11.9. The average molecular weight is 283 g/mol. The molecule has 2 rings (SSSR count). The van der Waals surface area contributed by atoms with Crippen molar-refractivity contribution >= 4 is 17.5 Å². The lowest BCUT2D eigenvalue weighted by molar-refractivity contribution is -0.115. The molecule has 0 fully saturated rings. The highest BCUT2D eigenvalue weighted by molar-refractivity contribution is 5.98. The number of carbonyl (C=O) groups excluding carboxylic acids is 2. The van der Waals surface area contributed by atoms with Gasteiger partial charge in [-0.2, -0.15) is 0 Å². The molecule has 1 heterocycles. The van der Waals surface area contributed by atoms with E-state index >= 15 is 0 Å². The number of aromatic nitrogens is 1. The Bertz CT molecular complexity index is 654. The SMILES string of the molecule is Cc1cccc(NC(=O)CNC(=O)c2ccccn2)c1C. The number of nitrogens with zero attached hydrogens (tertiary/aromatic N) is 1. The van der Waals surface area contributed by atoms with Gasteiger partial charge in [-0.05, 0) is 43.2 Å². The van der Waals surface area contributed by atoms with Crippen molar-refractivity contribution in [3.63, 3.8) is 0 Å². The average Bonchev–Trinajstić information content (AvgIpc) is 2.50. The third-order valence-corrected chi connectivity index (χ3v) is 3.19. The van der Waals surface area contributed by atoms with E-state index in [1.807, 2.05) is 32.0 Å². The molecule has 0 aliphatic carbocycles. The van der Waals surface area contributed by atoms with Gasteiger partial charge in [-0.3, -0.25) is 14.6 Å². The van der Waals surface area contributed by atoms with Crippen LogP contribution < -0.4 is 10.6 Å². The van der Waals surface area contributed by atoms with E-state index in [9.17, 15) is 9.59 Å². The Hall–Kier alpha value is -2.69. The fourth-order valence-corrected chi connectivity index (χ4v) is 1.83. The summed E-state index contributed by atoms with van der Waals surface area (Å²) in [4.78, 5) is 27.6. The van der Waals surface area contributed by atoms with Crippen LogP contribution in [0.1, 0.15) is 21.6 Å². The van der Waals surface area contributed by atoms with Gasteiger partial charge >= 0.3 is 0 Å². The Morgan fingerprint density at radius 1 is 1.10 bits per heavy atom. The Morgan fingerprint density at radius 2 is 1.90 bits per heavy atom. The largest absolute Gasteiger partial charge is 0.342 e. The van der Waals surface area contributed by atoms with Crippen molar-refractivity contribution < 1.29 is 9.59 Å². The van der Waals surface area contributed by atoms with Crippen LogP contribution in [-0.2, 0) is 4.79 Å². The smallest absolute Gasteiger partial charge is 0.270 e. The first-order valence-electron chi connectivity index (χ1n) is 6.63. The monoisotopic (exact) mass is 283 g/mol. The molecule has 5 heteroatoms. The normalized spacial score (nSPS) is 10.0. The molecule has 0 aliphatic heterocycles. The number of aryl methyl sites for hydroxylation is 1. The van der Waals surface area contributed by atoms with Crippen LogP contribution in [-0.4, -0.2) is 23.3 Å². The van der Waals surface area contributed by atoms with Crippen molar-refractivity contribution in [2.75, 3.05) is 11.9 Å². The number of carbonyl (C=O) groups is 2. The molecule has 0 aliphatic rings. The van der Waals surface area contributed by atoms with Gasteiger partial charge in [0, 0.05) is 11.9 Å². The van der Waals surface area contributed by atoms with Crippen LogP contribution in [0.15, 0.2) is 42.6 Å². The lowest BCUT2D eigenvalue weighted by Crippen LogP contribution is -2.33. The predicted octanol–water partition coefficient (Wildman–Crippen LogP) is 2.07. The summed E-state index contributed by atoms with van der Waals surface area (Å²) >= 11 is 0. The molecule has 1 aromatic heterocycles. The van der Waals surface area contributed by atoms with E-state index in [1.54, 1.807) is 18.2 Å². The molecule has 108 valence electrons. The number of hydrogen-bond donors (Lipinski definition) is 2. The highest BCUT2D eigenvalue weighted by Gasteiger charge is 2.10. The maximum absolute atomic E-state index is 11.9. The Balaban J connectivity index is 1.91. The lowest BCUT2D eigenvalue weighted by atomic mass is 10.1.